The molecule has 1 aliphatic heterocycles. The molecule has 0 aromatic carbocycles. The number of aliphatic hydroxyl groups is 1. The van der Waals surface area contributed by atoms with Crippen LogP contribution in [0.15, 0.2) is 15.3 Å². The molecular formula is C3H2Cl4N3NaO. The van der Waals surface area contributed by atoms with Gasteiger partial charge in [0.25, 0.3) is 5.90 Å². The fourth-order valence-electron chi connectivity index (χ4n) is 0.407. The Morgan fingerprint density at radius 1 is 1.25 bits per heavy atom. The van der Waals surface area contributed by atoms with E-state index in [0.29, 0.717) is 4.64 Å². The van der Waals surface area contributed by atoms with Crippen LogP contribution in [0, 0.1) is 0 Å². The summed E-state index contributed by atoms with van der Waals surface area (Å²) in [5.41, 5.74) is 0. The van der Waals surface area contributed by atoms with Gasteiger partial charge in [-0.1, -0.05) is 32.9 Å². The molecule has 1 N–H and O–H groups in total. The first-order valence-electron chi connectivity index (χ1n) is 2.29. The summed E-state index contributed by atoms with van der Waals surface area (Å²) in [5.74, 6) is -0.483. The van der Waals surface area contributed by atoms with E-state index in [1.54, 1.807) is 0 Å². The van der Waals surface area contributed by atoms with Gasteiger partial charge in [0.1, 0.15) is 5.03 Å². The van der Waals surface area contributed by atoms with Crippen LogP contribution in [0.1, 0.15) is 0 Å². The van der Waals surface area contributed by atoms with Crippen molar-refractivity contribution in [1.82, 2.24) is 9.16 Å². The summed E-state index contributed by atoms with van der Waals surface area (Å²) < 4.78 is 1.36. The van der Waals surface area contributed by atoms with E-state index in [9.17, 15) is 0 Å². The zero-order valence-electron chi connectivity index (χ0n) is 4.80. The van der Waals surface area contributed by atoms with Gasteiger partial charge in [0.05, 0.1) is 11.8 Å². The van der Waals surface area contributed by atoms with Gasteiger partial charge in [0.15, 0.2) is 5.16 Å². The van der Waals surface area contributed by atoms with E-state index in [1.807, 2.05) is 0 Å². The number of hydrazine groups is 1. The molecule has 0 aromatic heterocycles. The number of nitrogens with zero attached hydrogens (tertiary/aromatic N) is 3. The van der Waals surface area contributed by atoms with Crippen LogP contribution in [0.25, 0.3) is 0 Å². The third-order valence-electron chi connectivity index (χ3n) is 0.862. The summed E-state index contributed by atoms with van der Waals surface area (Å²) in [6.45, 7) is 0. The first-order valence-corrected chi connectivity index (χ1v) is 3.72. The Morgan fingerprint density at radius 3 is 2.25 bits per heavy atom. The Kier molecular flexibility index (Phi) is 5.41. The molecule has 0 spiro atoms. The zero-order chi connectivity index (χ0) is 8.59. The fraction of sp³-hybridized carbons (Fsp3) is 0. The molecule has 0 saturated heterocycles. The topological polar surface area (TPSA) is 39.1 Å². The fourth-order valence-corrected chi connectivity index (χ4v) is 1.03. The number of hydrogen-bond donors (Lipinski definition) is 1. The Balaban J connectivity index is 0.00000121. The summed E-state index contributed by atoms with van der Waals surface area (Å²) >= 11 is 21.7. The van der Waals surface area contributed by atoms with Gasteiger partial charge in [-0.05, 0) is 0 Å². The number of halogens is 4. The average molecular weight is 261 g/mol. The molecule has 64 valence electrons. The second-order valence-corrected chi connectivity index (χ2v) is 2.89. The molecule has 0 saturated carbocycles. The normalized spacial score (nSPS) is 17.5. The molecule has 0 amide bonds. The van der Waals surface area contributed by atoms with Crippen LogP contribution in [0.3, 0.4) is 0 Å². The third kappa shape index (κ3) is 2.48. The second kappa shape index (κ2) is 5.00. The molecule has 0 aliphatic carbocycles. The minimum atomic E-state index is -0.483. The number of rotatable bonds is 0. The molecule has 0 aromatic rings. The summed E-state index contributed by atoms with van der Waals surface area (Å²) in [6, 6.07) is 0. The summed E-state index contributed by atoms with van der Waals surface area (Å²) in [4.78, 5) is 0. The van der Waals surface area contributed by atoms with E-state index in [0.717, 1.165) is 4.53 Å². The maximum absolute atomic E-state index is 8.90. The molecule has 0 atom stereocenters. The quantitative estimate of drug-likeness (QED) is 0.409. The van der Waals surface area contributed by atoms with Crippen LogP contribution in [-0.2, 0) is 0 Å². The van der Waals surface area contributed by atoms with E-state index in [1.165, 1.54) is 0 Å². The molecule has 12 heavy (non-hydrogen) atoms. The van der Waals surface area contributed by atoms with Crippen molar-refractivity contribution in [3.63, 3.8) is 0 Å². The summed E-state index contributed by atoms with van der Waals surface area (Å²) in [6.07, 6.45) is 0. The van der Waals surface area contributed by atoms with Gasteiger partial charge in [-0.3, -0.25) is 0 Å². The van der Waals surface area contributed by atoms with E-state index >= 15 is 0 Å². The average Bonchev–Trinajstić information content (AvgIpc) is 1.97. The van der Waals surface area contributed by atoms with E-state index in [2.05, 4.69) is 5.10 Å². The molecule has 1 rings (SSSR count). The van der Waals surface area contributed by atoms with Gasteiger partial charge in [-0.15, -0.1) is 4.53 Å². The van der Waals surface area contributed by atoms with Gasteiger partial charge < -0.3 is 5.11 Å². The van der Waals surface area contributed by atoms with Crippen molar-refractivity contribution >= 4 is 82.2 Å². The van der Waals surface area contributed by atoms with Crippen LogP contribution < -0.4 is 0 Å². The van der Waals surface area contributed by atoms with Crippen molar-refractivity contribution < 1.29 is 5.11 Å². The standard InChI is InChI=1S/C3HCl4N3O.Na.H/c4-1-2(5)9(6)10(7)8-3(1)11;;/h(H,8,11);;. The minimum absolute atomic E-state index is 0. The second-order valence-electron chi connectivity index (χ2n) is 1.53. The third-order valence-corrected chi connectivity index (χ3v) is 2.36. The molecule has 0 bridgehead atoms. The molecule has 4 nitrogen and oxygen atoms in total. The number of aliphatic hydroxyl groups excluding tert-OH is 1. The molecule has 9 heteroatoms. The van der Waals surface area contributed by atoms with Crippen molar-refractivity contribution in [3.05, 3.63) is 10.2 Å². The summed E-state index contributed by atoms with van der Waals surface area (Å²) in [7, 11) is 0. The molecule has 0 fully saturated rings. The van der Waals surface area contributed by atoms with Crippen molar-refractivity contribution in [2.45, 2.75) is 0 Å². The van der Waals surface area contributed by atoms with Crippen molar-refractivity contribution in [2.24, 2.45) is 5.10 Å². The first kappa shape index (κ1) is 13.0. The molecule has 1 heterocycles. The zero-order valence-corrected chi connectivity index (χ0v) is 7.82. The molecule has 0 radical (unpaired) electrons. The van der Waals surface area contributed by atoms with Gasteiger partial charge in [-0.25, -0.2) is 0 Å². The molecule has 0 unspecified atom stereocenters. The monoisotopic (exact) mass is 259 g/mol. The van der Waals surface area contributed by atoms with E-state index in [4.69, 9.17) is 51.9 Å². The molecular weight excluding hydrogens is 259 g/mol. The van der Waals surface area contributed by atoms with Crippen molar-refractivity contribution in [3.8, 4) is 0 Å². The Labute approximate surface area is 111 Å². The maximum atomic E-state index is 8.90. The van der Waals surface area contributed by atoms with Crippen molar-refractivity contribution in [1.29, 1.82) is 0 Å². The van der Waals surface area contributed by atoms with Gasteiger partial charge in [-0.2, -0.15) is 0 Å². The Hall–Kier alpha value is 0.970. The summed E-state index contributed by atoms with van der Waals surface area (Å²) in [5, 5.41) is 11.9. The van der Waals surface area contributed by atoms with Crippen LogP contribution in [0.4, 0.5) is 0 Å². The van der Waals surface area contributed by atoms with E-state index < -0.39 is 5.90 Å². The SMILES string of the molecule is OC1=NN(Cl)N(Cl)C(Cl)=C1Cl.[NaH]. The van der Waals surface area contributed by atoms with Crippen LogP contribution >= 0.6 is 46.8 Å². The molecule has 1 aliphatic rings. The Morgan fingerprint density at radius 2 is 1.75 bits per heavy atom. The predicted octanol–water partition coefficient (Wildman–Crippen LogP) is 1.70. The van der Waals surface area contributed by atoms with Gasteiger partial charge in [0, 0.05) is 11.8 Å². The first-order chi connectivity index (χ1) is 5.04. The van der Waals surface area contributed by atoms with Crippen LogP contribution in [0.2, 0.25) is 0 Å². The predicted molar refractivity (Wildman–Crippen MR) is 51.3 cm³/mol. The van der Waals surface area contributed by atoms with Crippen LogP contribution in [-0.4, -0.2) is 49.7 Å². The van der Waals surface area contributed by atoms with Crippen LogP contribution in [0.5, 0.6) is 0 Å². The van der Waals surface area contributed by atoms with Gasteiger partial charge in [0.2, 0.25) is 0 Å². The number of hydrazone groups is 1. The number of hydrogen-bond acceptors (Lipinski definition) is 3. The van der Waals surface area contributed by atoms with Crippen molar-refractivity contribution in [2.75, 3.05) is 0 Å². The Bertz CT molecular complexity index is 244. The van der Waals surface area contributed by atoms with Gasteiger partial charge >= 0.3 is 29.6 Å². The van der Waals surface area contributed by atoms with E-state index in [-0.39, 0.29) is 39.7 Å².